The molecule has 0 aliphatic carbocycles. The zero-order valence-electron chi connectivity index (χ0n) is 17.0. The minimum atomic E-state index is 0. The minimum Gasteiger partial charge on any atom is -1.00 e. The summed E-state index contributed by atoms with van der Waals surface area (Å²) < 4.78 is 0.578. The first kappa shape index (κ1) is 25.0. The van der Waals surface area contributed by atoms with Gasteiger partial charge in [-0.05, 0) is 0 Å². The summed E-state index contributed by atoms with van der Waals surface area (Å²) in [6.45, 7) is 7.27. The van der Waals surface area contributed by atoms with Gasteiger partial charge in [-0.2, -0.15) is 0 Å². The molecule has 142 valence electrons. The molecule has 0 radical (unpaired) electrons. The third-order valence-corrected chi connectivity index (χ3v) is 7.23. The standard InChI is InChI=1S/C16H33.C7H7.Al.ClH/c1-4-5-6-7-8-9-10-11-12-13-14-15-16(2)3;1-7-5-3-2-4-6-7;;/h4-15H2,1-3H3;2-6H,1H2;;1H/q;;+1;/p-1. The molecule has 0 aromatic heterocycles. The van der Waals surface area contributed by atoms with Crippen LogP contribution in [0.5, 0.6) is 0 Å². The molecular weight excluding hydrogens is 339 g/mol. The van der Waals surface area contributed by atoms with Gasteiger partial charge in [0.1, 0.15) is 0 Å². The quantitative estimate of drug-likeness (QED) is 0.304. The van der Waals surface area contributed by atoms with Crippen LogP contribution < -0.4 is 12.4 Å². The molecule has 0 nitrogen and oxygen atoms in total. The first-order valence-electron chi connectivity index (χ1n) is 10.5. The molecule has 0 fully saturated rings. The number of benzene rings is 1. The Morgan fingerprint density at radius 1 is 0.720 bits per heavy atom. The summed E-state index contributed by atoms with van der Waals surface area (Å²) in [7, 11) is 0. The Morgan fingerprint density at radius 2 is 1.20 bits per heavy atom. The van der Waals surface area contributed by atoms with Gasteiger partial charge in [-0.1, -0.05) is 13.3 Å². The molecule has 0 saturated heterocycles. The minimum absolute atomic E-state index is 0. The molecule has 2 heteroatoms. The van der Waals surface area contributed by atoms with Crippen molar-refractivity contribution in [2.75, 3.05) is 0 Å². The van der Waals surface area contributed by atoms with E-state index in [0.717, 1.165) is 0 Å². The van der Waals surface area contributed by atoms with Gasteiger partial charge in [0.2, 0.25) is 0 Å². The number of hydrogen-bond donors (Lipinski definition) is 0. The predicted octanol–water partition coefficient (Wildman–Crippen LogP) is 4.79. The van der Waals surface area contributed by atoms with Crippen LogP contribution in [0.3, 0.4) is 0 Å². The van der Waals surface area contributed by atoms with E-state index in [0.29, 0.717) is 19.5 Å². The number of unbranched alkanes of at least 4 members (excludes halogenated alkanes) is 10. The van der Waals surface area contributed by atoms with Crippen LogP contribution in [-0.4, -0.2) is 15.2 Å². The maximum atomic E-state index is 2.49. The summed E-state index contributed by atoms with van der Waals surface area (Å²) in [5, 5.41) is 1.31. The molecule has 1 rings (SSSR count). The Labute approximate surface area is 170 Å². The van der Waals surface area contributed by atoms with Gasteiger partial charge < -0.3 is 12.4 Å². The molecule has 1 aromatic carbocycles. The van der Waals surface area contributed by atoms with Crippen LogP contribution in [0.15, 0.2) is 30.3 Å². The number of hydrogen-bond acceptors (Lipinski definition) is 0. The first-order valence-corrected chi connectivity index (χ1v) is 11.9. The summed E-state index contributed by atoms with van der Waals surface area (Å²) in [5.41, 5.74) is 1.53. The molecule has 0 amide bonds. The SMILES string of the molecule is CCCCCCCCCCCCC[C](C)(C)[Al+][CH2]c1ccccc1.[Cl-]. The van der Waals surface area contributed by atoms with Crippen molar-refractivity contribution in [3.63, 3.8) is 0 Å². The van der Waals surface area contributed by atoms with Gasteiger partial charge in [-0.25, -0.2) is 0 Å². The molecule has 1 aromatic rings. The topological polar surface area (TPSA) is 0 Å². The normalized spacial score (nSPS) is 11.0. The van der Waals surface area contributed by atoms with Crippen molar-refractivity contribution >= 4 is 15.2 Å². The van der Waals surface area contributed by atoms with E-state index in [1.54, 1.807) is 0 Å². The third kappa shape index (κ3) is 14.9. The van der Waals surface area contributed by atoms with Crippen molar-refractivity contribution in [2.45, 2.75) is 107 Å². The fourth-order valence-electron chi connectivity index (χ4n) is 3.36. The van der Waals surface area contributed by atoms with Crippen molar-refractivity contribution in [3.05, 3.63) is 35.9 Å². The van der Waals surface area contributed by atoms with Crippen LogP contribution in [0.2, 0.25) is 4.28 Å². The molecular formula is C23H40AlCl. The smallest absolute Gasteiger partial charge is 1.00 e. The van der Waals surface area contributed by atoms with E-state index >= 15 is 0 Å². The molecule has 0 N–H and O–H groups in total. The monoisotopic (exact) mass is 378 g/mol. The van der Waals surface area contributed by atoms with Crippen LogP contribution in [0, 0.1) is 0 Å². The second kappa shape index (κ2) is 16.2. The van der Waals surface area contributed by atoms with E-state index in [4.69, 9.17) is 0 Å². The van der Waals surface area contributed by atoms with Gasteiger partial charge in [0, 0.05) is 0 Å². The molecule has 0 saturated carbocycles. The number of halogens is 1. The molecule has 0 aliphatic heterocycles. The summed E-state index contributed by atoms with van der Waals surface area (Å²) in [5.74, 6) is 0. The van der Waals surface area contributed by atoms with E-state index in [1.165, 1.54) is 87.9 Å². The third-order valence-electron chi connectivity index (χ3n) is 5.16. The van der Waals surface area contributed by atoms with Gasteiger partial charge >= 0.3 is 145 Å². The van der Waals surface area contributed by atoms with Crippen LogP contribution in [-0.2, 0) is 5.28 Å². The van der Waals surface area contributed by atoms with E-state index in [-0.39, 0.29) is 12.4 Å². The second-order valence-electron chi connectivity index (χ2n) is 8.17. The van der Waals surface area contributed by atoms with Crippen LogP contribution >= 0.6 is 0 Å². The Kier molecular flexibility index (Phi) is 16.3. The van der Waals surface area contributed by atoms with E-state index in [9.17, 15) is 0 Å². The Hall–Kier alpha value is 0.0425. The van der Waals surface area contributed by atoms with Gasteiger partial charge in [0.25, 0.3) is 0 Å². The maximum Gasteiger partial charge on any atom is -1.00 e. The van der Waals surface area contributed by atoms with Gasteiger partial charge in [0.05, 0.1) is 0 Å². The van der Waals surface area contributed by atoms with Gasteiger partial charge in [-0.3, -0.25) is 0 Å². The van der Waals surface area contributed by atoms with E-state index in [2.05, 4.69) is 51.1 Å². The summed E-state index contributed by atoms with van der Waals surface area (Å²) >= 11 is 0.515. The fourth-order valence-corrected chi connectivity index (χ4v) is 4.82. The average Bonchev–Trinajstić information content (AvgIpc) is 2.59. The van der Waals surface area contributed by atoms with Crippen molar-refractivity contribution in [1.82, 2.24) is 0 Å². The molecule has 0 unspecified atom stereocenters. The Bertz CT molecular complexity index is 388. The van der Waals surface area contributed by atoms with Crippen molar-refractivity contribution in [1.29, 1.82) is 0 Å². The Morgan fingerprint density at radius 3 is 1.72 bits per heavy atom. The van der Waals surface area contributed by atoms with Gasteiger partial charge in [-0.15, -0.1) is 0 Å². The molecule has 25 heavy (non-hydrogen) atoms. The van der Waals surface area contributed by atoms with E-state index in [1.807, 2.05) is 0 Å². The van der Waals surface area contributed by atoms with Gasteiger partial charge in [0.15, 0.2) is 0 Å². The molecule has 0 spiro atoms. The van der Waals surface area contributed by atoms with Crippen LogP contribution in [0.1, 0.15) is 103 Å². The molecule has 0 aliphatic rings. The predicted molar refractivity (Wildman–Crippen MR) is 111 cm³/mol. The van der Waals surface area contributed by atoms with Crippen molar-refractivity contribution < 1.29 is 12.4 Å². The van der Waals surface area contributed by atoms with E-state index < -0.39 is 0 Å². The van der Waals surface area contributed by atoms with Crippen LogP contribution in [0.25, 0.3) is 0 Å². The summed E-state index contributed by atoms with van der Waals surface area (Å²) in [6, 6.07) is 11.0. The molecule has 0 atom stereocenters. The van der Waals surface area contributed by atoms with Crippen LogP contribution in [0.4, 0.5) is 0 Å². The fraction of sp³-hybridized carbons (Fsp3) is 0.739. The second-order valence-corrected chi connectivity index (χ2v) is 10.5. The summed E-state index contributed by atoms with van der Waals surface area (Å²) in [6.07, 6.45) is 17.3. The van der Waals surface area contributed by atoms with Crippen molar-refractivity contribution in [3.8, 4) is 0 Å². The maximum absolute atomic E-state index is 2.49. The Balaban J connectivity index is 0.00000576. The zero-order valence-corrected chi connectivity index (χ0v) is 18.9. The average molecular weight is 379 g/mol. The van der Waals surface area contributed by atoms with Crippen molar-refractivity contribution in [2.24, 2.45) is 0 Å². The number of rotatable bonds is 15. The zero-order chi connectivity index (χ0) is 17.5. The molecule has 0 bridgehead atoms. The molecule has 0 heterocycles. The summed E-state index contributed by atoms with van der Waals surface area (Å²) in [4.78, 5) is 0. The largest absolute Gasteiger partial charge is 1.00 e. The first-order chi connectivity index (χ1) is 11.6.